The molecule has 0 aromatic heterocycles. The lowest BCUT2D eigenvalue weighted by molar-refractivity contribution is -0.128. The molecule has 3 fully saturated rings. The van der Waals surface area contributed by atoms with Gasteiger partial charge in [0.25, 0.3) is 0 Å². The number of hydrogen-bond donors (Lipinski definition) is 1. The van der Waals surface area contributed by atoms with Crippen LogP contribution in [0.1, 0.15) is 64.7 Å². The van der Waals surface area contributed by atoms with Crippen molar-refractivity contribution >= 4 is 5.91 Å². The van der Waals surface area contributed by atoms with Gasteiger partial charge in [-0.25, -0.2) is 0 Å². The van der Waals surface area contributed by atoms with Gasteiger partial charge in [0.2, 0.25) is 5.91 Å². The molecule has 1 atom stereocenters. The molecule has 0 spiro atoms. The normalized spacial score (nSPS) is 36.0. The topological polar surface area (TPSA) is 32.3 Å². The van der Waals surface area contributed by atoms with Crippen molar-refractivity contribution in [1.29, 1.82) is 0 Å². The van der Waals surface area contributed by atoms with Crippen molar-refractivity contribution in [3.8, 4) is 0 Å². The van der Waals surface area contributed by atoms with E-state index >= 15 is 0 Å². The van der Waals surface area contributed by atoms with E-state index < -0.39 is 0 Å². The second-order valence-electron chi connectivity index (χ2n) is 7.37. The van der Waals surface area contributed by atoms with Crippen molar-refractivity contribution < 1.29 is 4.79 Å². The van der Waals surface area contributed by atoms with Crippen LogP contribution in [0.2, 0.25) is 0 Å². The molecule has 0 bridgehead atoms. The zero-order valence-corrected chi connectivity index (χ0v) is 12.9. The fraction of sp³-hybridized carbons (Fsp3) is 0.941. The average Bonchev–Trinajstić information content (AvgIpc) is 3.08. The minimum absolute atomic E-state index is 0.339. The molecule has 1 unspecified atom stereocenters. The SMILES string of the molecule is CC1CCC(CCN2C(=O)CNC2C2CCCC2)CC1. The summed E-state index contributed by atoms with van der Waals surface area (Å²) in [4.78, 5) is 14.3. The van der Waals surface area contributed by atoms with Crippen LogP contribution in [0, 0.1) is 17.8 Å². The van der Waals surface area contributed by atoms with Gasteiger partial charge >= 0.3 is 0 Å². The predicted octanol–water partition coefficient (Wildman–Crippen LogP) is 3.15. The van der Waals surface area contributed by atoms with Gasteiger partial charge in [-0.3, -0.25) is 10.1 Å². The molecular weight excluding hydrogens is 248 g/mol. The first kappa shape index (κ1) is 14.4. The first-order chi connectivity index (χ1) is 9.74. The fourth-order valence-corrected chi connectivity index (χ4v) is 4.46. The molecule has 1 heterocycles. The Morgan fingerprint density at radius 1 is 1.10 bits per heavy atom. The highest BCUT2D eigenvalue weighted by molar-refractivity contribution is 5.80. The second kappa shape index (κ2) is 6.46. The maximum absolute atomic E-state index is 12.1. The Morgan fingerprint density at radius 2 is 1.80 bits per heavy atom. The summed E-state index contributed by atoms with van der Waals surface area (Å²) in [6.45, 7) is 3.94. The van der Waals surface area contributed by atoms with Crippen LogP contribution in [0.25, 0.3) is 0 Å². The van der Waals surface area contributed by atoms with Crippen molar-refractivity contribution in [2.75, 3.05) is 13.1 Å². The van der Waals surface area contributed by atoms with E-state index in [-0.39, 0.29) is 0 Å². The summed E-state index contributed by atoms with van der Waals surface area (Å²) in [5.74, 6) is 2.84. The fourth-order valence-electron chi connectivity index (χ4n) is 4.46. The monoisotopic (exact) mass is 278 g/mol. The number of rotatable bonds is 4. The maximum Gasteiger partial charge on any atom is 0.237 e. The van der Waals surface area contributed by atoms with Crippen LogP contribution in [0.15, 0.2) is 0 Å². The van der Waals surface area contributed by atoms with Crippen LogP contribution in [0.3, 0.4) is 0 Å². The summed E-state index contributed by atoms with van der Waals surface area (Å²) in [6, 6.07) is 0. The Morgan fingerprint density at radius 3 is 2.50 bits per heavy atom. The Balaban J connectivity index is 1.50. The van der Waals surface area contributed by atoms with E-state index in [1.807, 2.05) is 0 Å². The molecule has 3 rings (SSSR count). The van der Waals surface area contributed by atoms with E-state index in [9.17, 15) is 4.79 Å². The van der Waals surface area contributed by atoms with Gasteiger partial charge in [-0.05, 0) is 37.0 Å². The highest BCUT2D eigenvalue weighted by Gasteiger charge is 2.37. The molecule has 0 radical (unpaired) electrons. The molecule has 3 aliphatic rings. The molecule has 114 valence electrons. The number of hydrogen-bond acceptors (Lipinski definition) is 2. The van der Waals surface area contributed by atoms with Gasteiger partial charge in [-0.2, -0.15) is 0 Å². The van der Waals surface area contributed by atoms with Gasteiger partial charge < -0.3 is 4.90 Å². The number of nitrogens with zero attached hydrogens (tertiary/aromatic N) is 1. The molecule has 2 saturated carbocycles. The number of carbonyl (C=O) groups excluding carboxylic acids is 1. The van der Waals surface area contributed by atoms with Gasteiger partial charge in [0.05, 0.1) is 12.7 Å². The first-order valence-electron chi connectivity index (χ1n) is 8.77. The Bertz CT molecular complexity index is 330. The lowest BCUT2D eigenvalue weighted by Crippen LogP contribution is -2.43. The minimum atomic E-state index is 0.339. The number of carbonyl (C=O) groups is 1. The summed E-state index contributed by atoms with van der Waals surface area (Å²) in [5, 5.41) is 3.47. The summed E-state index contributed by atoms with van der Waals surface area (Å²) in [5.41, 5.74) is 0. The minimum Gasteiger partial charge on any atom is -0.326 e. The van der Waals surface area contributed by atoms with Gasteiger partial charge in [0, 0.05) is 6.54 Å². The number of amides is 1. The molecular formula is C17H30N2O. The summed E-state index contributed by atoms with van der Waals surface area (Å²) >= 11 is 0. The largest absolute Gasteiger partial charge is 0.326 e. The second-order valence-corrected chi connectivity index (χ2v) is 7.37. The van der Waals surface area contributed by atoms with Crippen molar-refractivity contribution in [2.24, 2.45) is 17.8 Å². The lowest BCUT2D eigenvalue weighted by atomic mass is 9.81. The Labute approximate surface area is 123 Å². The van der Waals surface area contributed by atoms with Gasteiger partial charge in [-0.15, -0.1) is 0 Å². The van der Waals surface area contributed by atoms with Crippen LogP contribution >= 0.6 is 0 Å². The van der Waals surface area contributed by atoms with Crippen molar-refractivity contribution in [2.45, 2.75) is 70.9 Å². The summed E-state index contributed by atoms with van der Waals surface area (Å²) in [7, 11) is 0. The van der Waals surface area contributed by atoms with Crippen molar-refractivity contribution in [3.63, 3.8) is 0 Å². The van der Waals surface area contributed by atoms with Crippen LogP contribution in [-0.2, 0) is 4.79 Å². The van der Waals surface area contributed by atoms with Crippen LogP contribution in [-0.4, -0.2) is 30.1 Å². The van der Waals surface area contributed by atoms with E-state index in [2.05, 4.69) is 17.1 Å². The highest BCUT2D eigenvalue weighted by Crippen LogP contribution is 2.33. The average molecular weight is 278 g/mol. The third-order valence-electron chi connectivity index (χ3n) is 5.88. The van der Waals surface area contributed by atoms with Crippen LogP contribution < -0.4 is 5.32 Å². The highest BCUT2D eigenvalue weighted by atomic mass is 16.2. The summed E-state index contributed by atoms with van der Waals surface area (Å²) < 4.78 is 0. The molecule has 1 saturated heterocycles. The van der Waals surface area contributed by atoms with Gasteiger partial charge in [0.1, 0.15) is 0 Å². The lowest BCUT2D eigenvalue weighted by Gasteiger charge is -2.32. The molecule has 3 nitrogen and oxygen atoms in total. The Kier molecular flexibility index (Phi) is 4.65. The van der Waals surface area contributed by atoms with E-state index in [0.717, 1.165) is 18.4 Å². The molecule has 1 N–H and O–H groups in total. The standard InChI is InChI=1S/C17H30N2O/c1-13-6-8-14(9-7-13)10-11-19-16(20)12-18-17(19)15-4-2-3-5-15/h13-15,17-18H,2-12H2,1H3. The molecule has 1 amide bonds. The first-order valence-corrected chi connectivity index (χ1v) is 8.77. The molecule has 2 aliphatic carbocycles. The maximum atomic E-state index is 12.1. The molecule has 0 aromatic carbocycles. The smallest absolute Gasteiger partial charge is 0.237 e. The zero-order valence-electron chi connectivity index (χ0n) is 12.9. The van der Waals surface area contributed by atoms with Gasteiger partial charge in [0.15, 0.2) is 0 Å². The molecule has 20 heavy (non-hydrogen) atoms. The van der Waals surface area contributed by atoms with Crippen molar-refractivity contribution in [3.05, 3.63) is 0 Å². The molecule has 1 aliphatic heterocycles. The zero-order chi connectivity index (χ0) is 13.9. The third-order valence-corrected chi connectivity index (χ3v) is 5.88. The van der Waals surface area contributed by atoms with E-state index in [1.165, 1.54) is 57.8 Å². The van der Waals surface area contributed by atoms with Crippen LogP contribution in [0.5, 0.6) is 0 Å². The predicted molar refractivity (Wildman–Crippen MR) is 81.2 cm³/mol. The van der Waals surface area contributed by atoms with E-state index in [4.69, 9.17) is 0 Å². The van der Waals surface area contributed by atoms with Crippen molar-refractivity contribution in [1.82, 2.24) is 10.2 Å². The van der Waals surface area contributed by atoms with Gasteiger partial charge in [-0.1, -0.05) is 45.4 Å². The molecule has 3 heteroatoms. The van der Waals surface area contributed by atoms with E-state index in [0.29, 0.717) is 24.5 Å². The molecule has 0 aromatic rings. The Hall–Kier alpha value is -0.570. The summed E-state index contributed by atoms with van der Waals surface area (Å²) in [6.07, 6.45) is 12.4. The number of nitrogens with one attached hydrogen (secondary N) is 1. The van der Waals surface area contributed by atoms with Crippen LogP contribution in [0.4, 0.5) is 0 Å². The van der Waals surface area contributed by atoms with E-state index in [1.54, 1.807) is 0 Å². The third kappa shape index (κ3) is 3.19. The quantitative estimate of drug-likeness (QED) is 0.857.